The Balaban J connectivity index is 2.53. The molecule has 0 aliphatic rings. The molecule has 0 saturated heterocycles. The monoisotopic (exact) mass is 235 g/mol. The number of unbranched alkanes of at least 4 members (excludes halogenated alkanes) is 1. The molecule has 3 heteroatoms. The van der Waals surface area contributed by atoms with Gasteiger partial charge < -0.3 is 5.11 Å². The van der Waals surface area contributed by atoms with Gasteiger partial charge in [0.05, 0.1) is 0 Å². The zero-order valence-electron chi connectivity index (χ0n) is 10.9. The highest BCUT2D eigenvalue weighted by molar-refractivity contribution is 5.66. The molecule has 3 nitrogen and oxygen atoms in total. The van der Waals surface area contributed by atoms with Crippen LogP contribution in [0.5, 0.6) is 0 Å². The number of hydrogen-bond acceptors (Lipinski definition) is 2. The Morgan fingerprint density at radius 1 is 1.41 bits per heavy atom. The maximum atomic E-state index is 10.4. The number of aliphatic carboxylic acids is 1. The van der Waals surface area contributed by atoms with Crippen LogP contribution in [0.25, 0.3) is 0 Å². The van der Waals surface area contributed by atoms with Crippen LogP contribution >= 0.6 is 0 Å². The number of hydrogen-bond donors (Lipinski definition) is 1. The van der Waals surface area contributed by atoms with Crippen LogP contribution in [0.3, 0.4) is 0 Å². The molecule has 0 aromatic carbocycles. The maximum absolute atomic E-state index is 10.4. The summed E-state index contributed by atoms with van der Waals surface area (Å²) in [6, 6.07) is 4.10. The average molecular weight is 235 g/mol. The number of pyridine rings is 1. The molecule has 1 aromatic rings. The number of carboxylic acids is 1. The van der Waals surface area contributed by atoms with E-state index in [1.54, 1.807) is 0 Å². The predicted molar refractivity (Wildman–Crippen MR) is 68.1 cm³/mol. The van der Waals surface area contributed by atoms with Gasteiger partial charge in [-0.05, 0) is 37.5 Å². The maximum Gasteiger partial charge on any atom is 0.303 e. The second-order valence-corrected chi connectivity index (χ2v) is 5.20. The van der Waals surface area contributed by atoms with Crippen LogP contribution in [0.15, 0.2) is 18.3 Å². The Morgan fingerprint density at radius 3 is 2.71 bits per heavy atom. The SMILES string of the molecule is Cc1ccnc(C(C)(C)CCCCC(=O)O)c1. The first-order chi connectivity index (χ1) is 7.92. The number of carbonyl (C=O) groups is 1. The Labute approximate surface area is 103 Å². The predicted octanol–water partition coefficient (Wildman–Crippen LogP) is 3.31. The van der Waals surface area contributed by atoms with E-state index in [1.165, 1.54) is 5.56 Å². The minimum absolute atomic E-state index is 0.0184. The zero-order valence-corrected chi connectivity index (χ0v) is 10.9. The van der Waals surface area contributed by atoms with Gasteiger partial charge in [-0.2, -0.15) is 0 Å². The lowest BCUT2D eigenvalue weighted by atomic mass is 9.83. The van der Waals surface area contributed by atoms with E-state index in [2.05, 4.69) is 31.8 Å². The topological polar surface area (TPSA) is 50.2 Å². The first-order valence-electron chi connectivity index (χ1n) is 6.07. The fraction of sp³-hybridized carbons (Fsp3) is 0.571. The van der Waals surface area contributed by atoms with Gasteiger partial charge in [-0.25, -0.2) is 0 Å². The third kappa shape index (κ3) is 4.55. The summed E-state index contributed by atoms with van der Waals surface area (Å²) >= 11 is 0. The van der Waals surface area contributed by atoms with Crippen molar-refractivity contribution in [2.75, 3.05) is 0 Å². The molecule has 0 radical (unpaired) electrons. The molecular formula is C14H21NO2. The zero-order chi connectivity index (χ0) is 12.9. The molecular weight excluding hydrogens is 214 g/mol. The van der Waals surface area contributed by atoms with Gasteiger partial charge >= 0.3 is 5.97 Å². The summed E-state index contributed by atoms with van der Waals surface area (Å²) in [7, 11) is 0. The molecule has 94 valence electrons. The number of aryl methyl sites for hydroxylation is 1. The van der Waals surface area contributed by atoms with Gasteiger partial charge in [-0.3, -0.25) is 9.78 Å². The third-order valence-electron chi connectivity index (χ3n) is 3.05. The molecule has 0 saturated carbocycles. The molecule has 0 amide bonds. The van der Waals surface area contributed by atoms with Crippen LogP contribution in [0, 0.1) is 6.92 Å². The van der Waals surface area contributed by atoms with Crippen LogP contribution in [0.2, 0.25) is 0 Å². The van der Waals surface area contributed by atoms with Crippen molar-refractivity contribution in [3.05, 3.63) is 29.6 Å². The van der Waals surface area contributed by atoms with Gasteiger partial charge in [0.25, 0.3) is 0 Å². The highest BCUT2D eigenvalue weighted by atomic mass is 16.4. The Morgan fingerprint density at radius 2 is 2.12 bits per heavy atom. The van der Waals surface area contributed by atoms with Crippen LogP contribution in [0.1, 0.15) is 50.8 Å². The largest absolute Gasteiger partial charge is 0.481 e. The summed E-state index contributed by atoms with van der Waals surface area (Å²) in [5, 5.41) is 8.58. The van der Waals surface area contributed by atoms with Crippen molar-refractivity contribution >= 4 is 5.97 Å². The van der Waals surface area contributed by atoms with E-state index >= 15 is 0 Å². The molecule has 0 bridgehead atoms. The Bertz CT molecular complexity index is 386. The lowest BCUT2D eigenvalue weighted by molar-refractivity contribution is -0.137. The summed E-state index contributed by atoms with van der Waals surface area (Å²) in [4.78, 5) is 14.8. The number of aromatic nitrogens is 1. The first kappa shape index (κ1) is 13.7. The molecule has 1 rings (SSSR count). The van der Waals surface area contributed by atoms with Gasteiger partial charge in [0, 0.05) is 23.7 Å². The normalized spacial score (nSPS) is 11.5. The van der Waals surface area contributed by atoms with Crippen molar-refractivity contribution in [1.82, 2.24) is 4.98 Å². The number of nitrogens with zero attached hydrogens (tertiary/aromatic N) is 1. The summed E-state index contributed by atoms with van der Waals surface area (Å²) in [6.45, 7) is 6.39. The first-order valence-corrected chi connectivity index (χ1v) is 6.07. The van der Waals surface area contributed by atoms with E-state index in [1.807, 2.05) is 12.3 Å². The standard InChI is InChI=1S/C14H21NO2/c1-11-7-9-15-12(10-11)14(2,3)8-5-4-6-13(16)17/h7,9-10H,4-6,8H2,1-3H3,(H,16,17). The summed E-state index contributed by atoms with van der Waals surface area (Å²) < 4.78 is 0. The molecule has 1 aromatic heterocycles. The van der Waals surface area contributed by atoms with Gasteiger partial charge in [0.1, 0.15) is 0 Å². The highest BCUT2D eigenvalue weighted by Crippen LogP contribution is 2.28. The summed E-state index contributed by atoms with van der Waals surface area (Å²) in [5.41, 5.74) is 2.33. The Kier molecular flexibility index (Phi) is 4.67. The minimum atomic E-state index is -0.712. The fourth-order valence-corrected chi connectivity index (χ4v) is 1.88. The molecule has 1 N–H and O–H groups in total. The quantitative estimate of drug-likeness (QED) is 0.769. The smallest absolute Gasteiger partial charge is 0.303 e. The summed E-state index contributed by atoms with van der Waals surface area (Å²) in [6.07, 6.45) is 4.73. The number of rotatable bonds is 6. The summed E-state index contributed by atoms with van der Waals surface area (Å²) in [5.74, 6) is -0.712. The molecule has 0 aliphatic heterocycles. The minimum Gasteiger partial charge on any atom is -0.481 e. The molecule has 0 spiro atoms. The molecule has 0 unspecified atom stereocenters. The van der Waals surface area contributed by atoms with Gasteiger partial charge in [-0.15, -0.1) is 0 Å². The molecule has 0 atom stereocenters. The van der Waals surface area contributed by atoms with Crippen LogP contribution < -0.4 is 0 Å². The second-order valence-electron chi connectivity index (χ2n) is 5.20. The van der Waals surface area contributed by atoms with Crippen LogP contribution in [-0.4, -0.2) is 16.1 Å². The Hall–Kier alpha value is -1.38. The molecule has 0 aliphatic carbocycles. The molecule has 0 fully saturated rings. The van der Waals surface area contributed by atoms with Crippen LogP contribution in [-0.2, 0) is 10.2 Å². The van der Waals surface area contributed by atoms with Gasteiger partial charge in [0.2, 0.25) is 0 Å². The van der Waals surface area contributed by atoms with E-state index in [4.69, 9.17) is 5.11 Å². The van der Waals surface area contributed by atoms with E-state index in [9.17, 15) is 4.79 Å². The van der Waals surface area contributed by atoms with Crippen molar-refractivity contribution in [3.8, 4) is 0 Å². The van der Waals surface area contributed by atoms with Crippen molar-refractivity contribution in [2.45, 2.75) is 51.9 Å². The van der Waals surface area contributed by atoms with Gasteiger partial charge in [-0.1, -0.05) is 20.3 Å². The van der Waals surface area contributed by atoms with E-state index in [0.29, 0.717) is 0 Å². The van der Waals surface area contributed by atoms with Crippen molar-refractivity contribution in [1.29, 1.82) is 0 Å². The third-order valence-corrected chi connectivity index (χ3v) is 3.05. The van der Waals surface area contributed by atoms with Crippen molar-refractivity contribution in [2.24, 2.45) is 0 Å². The van der Waals surface area contributed by atoms with E-state index < -0.39 is 5.97 Å². The molecule has 17 heavy (non-hydrogen) atoms. The van der Waals surface area contributed by atoms with Crippen LogP contribution in [0.4, 0.5) is 0 Å². The second kappa shape index (κ2) is 5.80. The lowest BCUT2D eigenvalue weighted by Crippen LogP contribution is -2.19. The van der Waals surface area contributed by atoms with E-state index in [-0.39, 0.29) is 11.8 Å². The lowest BCUT2D eigenvalue weighted by Gasteiger charge is -2.24. The highest BCUT2D eigenvalue weighted by Gasteiger charge is 2.21. The number of carboxylic acid groups (broad SMARTS) is 1. The fourth-order valence-electron chi connectivity index (χ4n) is 1.88. The van der Waals surface area contributed by atoms with Crippen molar-refractivity contribution < 1.29 is 9.90 Å². The van der Waals surface area contributed by atoms with Crippen molar-refractivity contribution in [3.63, 3.8) is 0 Å². The molecule has 1 heterocycles. The van der Waals surface area contributed by atoms with Gasteiger partial charge in [0.15, 0.2) is 0 Å². The van der Waals surface area contributed by atoms with E-state index in [0.717, 1.165) is 25.0 Å². The average Bonchev–Trinajstić information content (AvgIpc) is 2.24.